The molecule has 0 radical (unpaired) electrons. The van der Waals surface area contributed by atoms with Crippen molar-refractivity contribution in [3.8, 4) is 5.75 Å². The van der Waals surface area contributed by atoms with Crippen LogP contribution in [-0.2, 0) is 11.4 Å². The molecule has 0 atom stereocenters. The van der Waals surface area contributed by atoms with Gasteiger partial charge in [-0.15, -0.1) is 0 Å². The zero-order valence-electron chi connectivity index (χ0n) is 17.2. The van der Waals surface area contributed by atoms with E-state index >= 15 is 0 Å². The van der Waals surface area contributed by atoms with E-state index in [2.05, 4.69) is 10.1 Å². The van der Waals surface area contributed by atoms with Gasteiger partial charge in [-0.3, -0.25) is 10.2 Å². The molecule has 0 aliphatic carbocycles. The van der Waals surface area contributed by atoms with Crippen molar-refractivity contribution in [2.75, 3.05) is 0 Å². The highest BCUT2D eigenvalue weighted by molar-refractivity contribution is 8.27. The summed E-state index contributed by atoms with van der Waals surface area (Å²) in [7, 11) is 0. The van der Waals surface area contributed by atoms with Gasteiger partial charge in [0, 0.05) is 16.1 Å². The molecule has 3 aromatic carbocycles. The second kappa shape index (κ2) is 9.05. The van der Waals surface area contributed by atoms with Crippen LogP contribution >= 0.6 is 23.4 Å². The van der Waals surface area contributed by atoms with Gasteiger partial charge < -0.3 is 4.74 Å². The summed E-state index contributed by atoms with van der Waals surface area (Å²) < 4.78 is 5.87. The van der Waals surface area contributed by atoms with E-state index in [1.54, 1.807) is 12.1 Å². The molecule has 1 amide bonds. The Morgan fingerprint density at radius 3 is 2.64 bits per heavy atom. The fourth-order valence-electron chi connectivity index (χ4n) is 3.33. The van der Waals surface area contributed by atoms with Gasteiger partial charge in [-0.2, -0.15) is 15.1 Å². The van der Waals surface area contributed by atoms with E-state index in [1.165, 1.54) is 16.8 Å². The van der Waals surface area contributed by atoms with Crippen LogP contribution in [0.3, 0.4) is 0 Å². The quantitative estimate of drug-likeness (QED) is 0.491. The van der Waals surface area contributed by atoms with Crippen LogP contribution in [0.2, 0.25) is 5.02 Å². The number of hydrogen-bond acceptors (Lipinski definition) is 5. The van der Waals surface area contributed by atoms with Crippen LogP contribution in [-0.4, -0.2) is 27.0 Å². The highest BCUT2D eigenvalue weighted by Crippen LogP contribution is 2.31. The molecular weight excluding hydrogens is 456 g/mol. The number of fused-ring (bicyclic) bond motifs is 1. The Labute approximate surface area is 199 Å². The molecule has 0 saturated carbocycles. The smallest absolute Gasteiger partial charge is 0.283 e. The SMILES string of the molecule is N=C1/C(=C/c2cccc(OCc3ccccc3Cl)c2)C(=O)N=C2SC(c3ccccc3)=NN12. The zero-order chi connectivity index (χ0) is 22.8. The number of hydrogen-bond donors (Lipinski definition) is 1. The maximum Gasteiger partial charge on any atom is 0.283 e. The highest BCUT2D eigenvalue weighted by atomic mass is 35.5. The van der Waals surface area contributed by atoms with Gasteiger partial charge in [-0.25, -0.2) is 0 Å². The topological polar surface area (TPSA) is 78.1 Å². The molecule has 6 nitrogen and oxygen atoms in total. The second-order valence-electron chi connectivity index (χ2n) is 7.24. The van der Waals surface area contributed by atoms with E-state index in [0.717, 1.165) is 16.7 Å². The lowest BCUT2D eigenvalue weighted by Crippen LogP contribution is -2.35. The number of halogens is 1. The monoisotopic (exact) mass is 472 g/mol. The molecule has 0 spiro atoms. The van der Waals surface area contributed by atoms with E-state index in [4.69, 9.17) is 21.7 Å². The van der Waals surface area contributed by atoms with Crippen LogP contribution in [0.15, 0.2) is 94.5 Å². The summed E-state index contributed by atoms with van der Waals surface area (Å²) in [6, 6.07) is 24.4. The number of hydrazone groups is 1. The minimum absolute atomic E-state index is 0.00850. The molecule has 1 N–H and O–H groups in total. The minimum atomic E-state index is -0.467. The first kappa shape index (κ1) is 21.2. The van der Waals surface area contributed by atoms with Crippen molar-refractivity contribution in [3.63, 3.8) is 0 Å². The lowest BCUT2D eigenvalue weighted by atomic mass is 10.1. The average molecular weight is 473 g/mol. The number of nitrogens with one attached hydrogen (secondary N) is 1. The van der Waals surface area contributed by atoms with E-state index < -0.39 is 5.91 Å². The second-order valence-corrected chi connectivity index (χ2v) is 8.61. The van der Waals surface area contributed by atoms with Gasteiger partial charge in [0.1, 0.15) is 17.4 Å². The van der Waals surface area contributed by atoms with Crippen molar-refractivity contribution in [2.24, 2.45) is 10.1 Å². The summed E-state index contributed by atoms with van der Waals surface area (Å²) in [6.45, 7) is 0.323. The Morgan fingerprint density at radius 2 is 1.82 bits per heavy atom. The van der Waals surface area contributed by atoms with Crippen LogP contribution in [0, 0.1) is 5.41 Å². The van der Waals surface area contributed by atoms with E-state index in [9.17, 15) is 4.79 Å². The lowest BCUT2D eigenvalue weighted by Gasteiger charge is -2.20. The first-order valence-corrected chi connectivity index (χ1v) is 11.3. The largest absolute Gasteiger partial charge is 0.489 e. The fraction of sp³-hybridized carbons (Fsp3) is 0.0400. The van der Waals surface area contributed by atoms with Gasteiger partial charge in [0.2, 0.25) is 5.17 Å². The van der Waals surface area contributed by atoms with Gasteiger partial charge >= 0.3 is 0 Å². The Hall–Kier alpha value is -3.68. The maximum atomic E-state index is 12.7. The Balaban J connectivity index is 1.37. The van der Waals surface area contributed by atoms with Crippen LogP contribution in [0.4, 0.5) is 0 Å². The summed E-state index contributed by atoms with van der Waals surface area (Å²) in [5.41, 5.74) is 2.68. The van der Waals surface area contributed by atoms with Crippen LogP contribution in [0.5, 0.6) is 5.75 Å². The molecule has 162 valence electrons. The number of ether oxygens (including phenoxy) is 1. The third-order valence-corrected chi connectivity index (χ3v) is 6.32. The summed E-state index contributed by atoms with van der Waals surface area (Å²) >= 11 is 7.47. The van der Waals surface area contributed by atoms with E-state index in [1.807, 2.05) is 72.8 Å². The maximum absolute atomic E-state index is 12.7. The van der Waals surface area contributed by atoms with Gasteiger partial charge in [-0.05, 0) is 41.6 Å². The molecule has 8 heteroatoms. The van der Waals surface area contributed by atoms with Crippen molar-refractivity contribution < 1.29 is 9.53 Å². The van der Waals surface area contributed by atoms with E-state index in [0.29, 0.717) is 27.6 Å². The Bertz CT molecular complexity index is 1350. The zero-order valence-corrected chi connectivity index (χ0v) is 18.8. The van der Waals surface area contributed by atoms with Crippen LogP contribution < -0.4 is 4.74 Å². The Morgan fingerprint density at radius 1 is 1.03 bits per heavy atom. The first-order valence-electron chi connectivity index (χ1n) is 10.1. The molecule has 0 unspecified atom stereocenters. The van der Waals surface area contributed by atoms with Gasteiger partial charge in [0.25, 0.3) is 5.91 Å². The molecule has 5 rings (SSSR count). The highest BCUT2D eigenvalue weighted by Gasteiger charge is 2.35. The molecule has 33 heavy (non-hydrogen) atoms. The molecular formula is C25H17ClN4O2S. The Kier molecular flexibility index (Phi) is 5.81. The predicted octanol–water partition coefficient (Wildman–Crippen LogP) is 5.59. The fourth-order valence-corrected chi connectivity index (χ4v) is 4.41. The number of carbonyl (C=O) groups excluding carboxylic acids is 1. The van der Waals surface area contributed by atoms with Gasteiger partial charge in [-0.1, -0.05) is 72.3 Å². The van der Waals surface area contributed by atoms with Crippen molar-refractivity contribution in [2.45, 2.75) is 6.61 Å². The van der Waals surface area contributed by atoms with Crippen molar-refractivity contribution in [1.29, 1.82) is 5.41 Å². The summed E-state index contributed by atoms with van der Waals surface area (Å²) in [6.07, 6.45) is 1.63. The van der Waals surface area contributed by atoms with E-state index in [-0.39, 0.29) is 11.4 Å². The number of amides is 1. The first-order chi connectivity index (χ1) is 16.1. The minimum Gasteiger partial charge on any atom is -0.489 e. The summed E-state index contributed by atoms with van der Waals surface area (Å²) in [4.78, 5) is 16.8. The number of carbonyl (C=O) groups is 1. The van der Waals surface area contributed by atoms with Crippen LogP contribution in [0.25, 0.3) is 6.08 Å². The third-order valence-electron chi connectivity index (χ3n) is 5.00. The molecule has 0 bridgehead atoms. The number of benzene rings is 3. The number of rotatable bonds is 5. The molecule has 3 aromatic rings. The number of amidine groups is 2. The summed E-state index contributed by atoms with van der Waals surface area (Å²) in [5, 5.41) is 16.2. The number of nitrogens with zero attached hydrogens (tertiary/aromatic N) is 3. The molecule has 0 fully saturated rings. The molecule has 2 aliphatic heterocycles. The molecule has 0 saturated heterocycles. The number of thioether (sulfide) groups is 1. The average Bonchev–Trinajstić information content (AvgIpc) is 3.26. The summed E-state index contributed by atoms with van der Waals surface area (Å²) in [5.74, 6) is 0.154. The predicted molar refractivity (Wildman–Crippen MR) is 133 cm³/mol. The third kappa shape index (κ3) is 4.46. The van der Waals surface area contributed by atoms with Gasteiger partial charge in [0.05, 0.1) is 5.57 Å². The lowest BCUT2D eigenvalue weighted by molar-refractivity contribution is -0.114. The van der Waals surface area contributed by atoms with Crippen molar-refractivity contribution >= 4 is 51.4 Å². The number of aliphatic imine (C=N–C) groups is 1. The van der Waals surface area contributed by atoms with Gasteiger partial charge in [0.15, 0.2) is 5.84 Å². The normalized spacial score (nSPS) is 16.5. The van der Waals surface area contributed by atoms with Crippen LogP contribution in [0.1, 0.15) is 16.7 Å². The molecule has 2 aliphatic rings. The van der Waals surface area contributed by atoms with Crippen molar-refractivity contribution in [3.05, 3.63) is 106 Å². The molecule has 2 heterocycles. The molecule has 0 aromatic heterocycles. The van der Waals surface area contributed by atoms with Crippen molar-refractivity contribution in [1.82, 2.24) is 5.01 Å². The standard InChI is InChI=1S/C25H17ClN4O2S/c26-21-12-5-4-10-18(21)15-32-19-11-6-7-16(13-19)14-20-22(27)30-25(28-23(20)31)33-24(29-30)17-8-2-1-3-9-17/h1-14,27H,15H2/b20-14-,27-22?.